The van der Waals surface area contributed by atoms with E-state index in [0.29, 0.717) is 45.3 Å². The van der Waals surface area contributed by atoms with Crippen molar-refractivity contribution in [3.8, 4) is 0 Å². The fraction of sp³-hybridized carbons (Fsp3) is 0.786. The van der Waals surface area contributed by atoms with Crippen LogP contribution in [0.5, 0.6) is 0 Å². The minimum absolute atomic E-state index is 0.278. The molecule has 4 amide bonds. The van der Waals surface area contributed by atoms with Crippen LogP contribution in [0.25, 0.3) is 0 Å². The van der Waals surface area contributed by atoms with E-state index in [1.54, 1.807) is 20.8 Å². The largest absolute Gasteiger partial charge is 0.444 e. The standard InChI is InChI=1S/C28H45N5O7S/c1-27(2,3)40-26(37)29-21-14-9-6-4-5-8-13-20-19-28(20,30-23(34)22-15-12-18-33(22)24(21)35)25(36)31-41(38,39)32-16-10-7-11-17-32/h8,13,20-22H,4-7,9-12,14-19H2,1-3H3,(H,29,37)(H,30,34)(H,31,36)/b13-8-/t20-,21?,22+,28-/m1/s1. The molecular weight excluding hydrogens is 550 g/mol. The summed E-state index contributed by atoms with van der Waals surface area (Å²) in [6.07, 6.45) is 10.4. The molecule has 0 aromatic rings. The van der Waals surface area contributed by atoms with Crippen LogP contribution in [0.3, 0.4) is 0 Å². The maximum absolute atomic E-state index is 13.7. The van der Waals surface area contributed by atoms with E-state index in [0.717, 1.165) is 38.5 Å². The number of ether oxygens (including phenoxy) is 1. The molecule has 4 atom stereocenters. The molecule has 13 heteroatoms. The first kappa shape index (κ1) is 31.3. The SMILES string of the molecule is CC(C)(C)OC(=O)NC1CCCCC/C=C\[C@@H]2C[C@@]2(C(=O)NS(=O)(=O)N2CCCCC2)NC(=O)[C@@H]2CCCN2C1=O. The van der Waals surface area contributed by atoms with Crippen LogP contribution in [-0.2, 0) is 29.3 Å². The van der Waals surface area contributed by atoms with Crippen molar-refractivity contribution in [3.05, 3.63) is 12.2 Å². The first-order valence-corrected chi connectivity index (χ1v) is 16.4. The van der Waals surface area contributed by atoms with Crippen LogP contribution in [0.2, 0.25) is 0 Å². The van der Waals surface area contributed by atoms with Crippen molar-refractivity contribution < 1.29 is 32.3 Å². The molecule has 230 valence electrons. The van der Waals surface area contributed by atoms with E-state index in [-0.39, 0.29) is 18.2 Å². The predicted octanol–water partition coefficient (Wildman–Crippen LogP) is 2.11. The molecular formula is C28H45N5O7S. The third kappa shape index (κ3) is 7.79. The van der Waals surface area contributed by atoms with Gasteiger partial charge < -0.3 is 20.3 Å². The summed E-state index contributed by atoms with van der Waals surface area (Å²) in [5.41, 5.74) is -2.13. The maximum atomic E-state index is 13.7. The summed E-state index contributed by atoms with van der Waals surface area (Å²) in [7, 11) is -4.04. The molecule has 0 spiro atoms. The summed E-state index contributed by atoms with van der Waals surface area (Å²) in [4.78, 5) is 54.8. The van der Waals surface area contributed by atoms with Crippen LogP contribution in [0.15, 0.2) is 12.2 Å². The number of alkyl carbamates (subject to hydrolysis) is 1. The number of nitrogens with zero attached hydrogens (tertiary/aromatic N) is 2. The van der Waals surface area contributed by atoms with E-state index in [1.165, 1.54) is 9.21 Å². The van der Waals surface area contributed by atoms with Crippen molar-refractivity contribution >= 4 is 34.0 Å². The Morgan fingerprint density at radius 3 is 2.41 bits per heavy atom. The molecule has 0 aromatic carbocycles. The van der Waals surface area contributed by atoms with Gasteiger partial charge in [-0.3, -0.25) is 14.4 Å². The Hall–Kier alpha value is -2.67. The number of carbonyl (C=O) groups is 4. The predicted molar refractivity (Wildman–Crippen MR) is 152 cm³/mol. The van der Waals surface area contributed by atoms with Gasteiger partial charge in [-0.15, -0.1) is 0 Å². The smallest absolute Gasteiger partial charge is 0.408 e. The van der Waals surface area contributed by atoms with Crippen molar-refractivity contribution in [1.82, 2.24) is 24.6 Å². The fourth-order valence-electron chi connectivity index (χ4n) is 5.92. The van der Waals surface area contributed by atoms with E-state index in [1.807, 2.05) is 12.2 Å². The molecule has 1 unspecified atom stereocenters. The van der Waals surface area contributed by atoms with Gasteiger partial charge in [0.05, 0.1) is 0 Å². The van der Waals surface area contributed by atoms with E-state index < -0.39 is 51.3 Å². The minimum atomic E-state index is -4.04. The summed E-state index contributed by atoms with van der Waals surface area (Å²) in [5.74, 6) is -1.96. The second-order valence-electron chi connectivity index (χ2n) is 12.6. The molecule has 3 N–H and O–H groups in total. The number of amides is 4. The van der Waals surface area contributed by atoms with Gasteiger partial charge in [0.25, 0.3) is 5.91 Å². The van der Waals surface area contributed by atoms with Crippen molar-refractivity contribution in [2.45, 2.75) is 115 Å². The number of carbonyl (C=O) groups excluding carboxylic acids is 4. The molecule has 0 aromatic heterocycles. The van der Waals surface area contributed by atoms with Crippen molar-refractivity contribution in [3.63, 3.8) is 0 Å². The third-order valence-electron chi connectivity index (χ3n) is 8.20. The fourth-order valence-corrected chi connectivity index (χ4v) is 7.21. The Bertz CT molecular complexity index is 1140. The van der Waals surface area contributed by atoms with Crippen molar-refractivity contribution in [1.29, 1.82) is 0 Å². The molecule has 4 rings (SSSR count). The molecule has 3 aliphatic heterocycles. The molecule has 4 aliphatic rings. The molecule has 1 saturated carbocycles. The lowest BCUT2D eigenvalue weighted by molar-refractivity contribution is -0.141. The summed E-state index contributed by atoms with van der Waals surface area (Å²) < 4.78 is 34.9. The molecule has 1 aliphatic carbocycles. The van der Waals surface area contributed by atoms with Gasteiger partial charge >= 0.3 is 16.3 Å². The lowest BCUT2D eigenvalue weighted by Gasteiger charge is -2.31. The van der Waals surface area contributed by atoms with Crippen LogP contribution < -0.4 is 15.4 Å². The summed E-state index contributed by atoms with van der Waals surface area (Å²) in [6, 6.07) is -1.68. The average Bonchev–Trinajstić information content (AvgIpc) is 3.36. The highest BCUT2D eigenvalue weighted by Gasteiger charge is 2.61. The number of fused-ring (bicyclic) bond motifs is 2. The number of nitrogens with one attached hydrogen (secondary N) is 3. The van der Waals surface area contributed by atoms with Crippen LogP contribution in [0.4, 0.5) is 4.79 Å². The number of piperidine rings is 1. The molecule has 0 radical (unpaired) electrons. The molecule has 41 heavy (non-hydrogen) atoms. The van der Waals surface area contributed by atoms with Gasteiger partial charge in [0, 0.05) is 25.6 Å². The molecule has 3 heterocycles. The second kappa shape index (κ2) is 12.7. The van der Waals surface area contributed by atoms with E-state index in [9.17, 15) is 27.6 Å². The molecule has 3 fully saturated rings. The van der Waals surface area contributed by atoms with Crippen molar-refractivity contribution in [2.75, 3.05) is 19.6 Å². The highest BCUT2D eigenvalue weighted by Crippen LogP contribution is 2.45. The molecule has 0 bridgehead atoms. The number of hydrogen-bond donors (Lipinski definition) is 3. The van der Waals surface area contributed by atoms with Gasteiger partial charge in [0.2, 0.25) is 11.8 Å². The Balaban J connectivity index is 1.53. The normalized spacial score (nSPS) is 31.0. The average molecular weight is 596 g/mol. The topological polar surface area (TPSA) is 154 Å². The number of rotatable bonds is 4. The van der Waals surface area contributed by atoms with Crippen molar-refractivity contribution in [2.24, 2.45) is 5.92 Å². The Labute approximate surface area is 243 Å². The Morgan fingerprint density at radius 1 is 1.00 bits per heavy atom. The van der Waals surface area contributed by atoms with Crippen LogP contribution in [-0.4, -0.2) is 84.3 Å². The van der Waals surface area contributed by atoms with Gasteiger partial charge in [-0.1, -0.05) is 31.4 Å². The molecule has 12 nitrogen and oxygen atoms in total. The van der Waals surface area contributed by atoms with Crippen LogP contribution in [0, 0.1) is 5.92 Å². The highest BCUT2D eigenvalue weighted by molar-refractivity contribution is 7.87. The lowest BCUT2D eigenvalue weighted by atomic mass is 10.0. The van der Waals surface area contributed by atoms with E-state index in [4.69, 9.17) is 4.74 Å². The highest BCUT2D eigenvalue weighted by atomic mass is 32.2. The van der Waals surface area contributed by atoms with E-state index in [2.05, 4.69) is 15.4 Å². The Kier molecular flexibility index (Phi) is 9.67. The summed E-state index contributed by atoms with van der Waals surface area (Å²) >= 11 is 0. The van der Waals surface area contributed by atoms with Gasteiger partial charge in [-0.25, -0.2) is 9.52 Å². The number of hydrogen-bond acceptors (Lipinski definition) is 7. The first-order chi connectivity index (χ1) is 19.3. The zero-order valence-corrected chi connectivity index (χ0v) is 25.3. The quantitative estimate of drug-likeness (QED) is 0.421. The van der Waals surface area contributed by atoms with Gasteiger partial charge in [0.15, 0.2) is 0 Å². The van der Waals surface area contributed by atoms with Gasteiger partial charge in [-0.2, -0.15) is 12.7 Å². The third-order valence-corrected chi connectivity index (χ3v) is 9.69. The zero-order valence-electron chi connectivity index (χ0n) is 24.4. The summed E-state index contributed by atoms with van der Waals surface area (Å²) in [5, 5.41) is 5.56. The minimum Gasteiger partial charge on any atom is -0.444 e. The zero-order chi connectivity index (χ0) is 29.8. The van der Waals surface area contributed by atoms with Crippen LogP contribution in [0.1, 0.15) is 91.4 Å². The van der Waals surface area contributed by atoms with Gasteiger partial charge in [0.1, 0.15) is 23.2 Å². The van der Waals surface area contributed by atoms with Gasteiger partial charge in [-0.05, 0) is 72.1 Å². The second-order valence-corrected chi connectivity index (χ2v) is 14.3. The maximum Gasteiger partial charge on any atom is 0.408 e. The lowest BCUT2D eigenvalue weighted by Crippen LogP contribution is -2.59. The first-order valence-electron chi connectivity index (χ1n) is 14.9. The molecule has 2 saturated heterocycles. The monoisotopic (exact) mass is 595 g/mol. The number of allylic oxidation sites excluding steroid dienone is 1. The summed E-state index contributed by atoms with van der Waals surface area (Å²) in [6.45, 7) is 6.28. The Morgan fingerprint density at radius 2 is 1.71 bits per heavy atom. The van der Waals surface area contributed by atoms with Crippen LogP contribution >= 0.6 is 0 Å². The van der Waals surface area contributed by atoms with E-state index >= 15 is 0 Å².